The molecule has 0 radical (unpaired) electrons. The van der Waals surface area contributed by atoms with E-state index >= 15 is 0 Å². The molecule has 0 fully saturated rings. The van der Waals surface area contributed by atoms with E-state index in [0.29, 0.717) is 5.92 Å². The Hall–Kier alpha value is -0.980. The highest BCUT2D eigenvalue weighted by Crippen LogP contribution is 2.13. The van der Waals surface area contributed by atoms with Crippen LogP contribution < -0.4 is 4.74 Å². The molecule has 0 aliphatic rings. The molecule has 1 nitrogen and oxygen atoms in total. The second-order valence-corrected chi connectivity index (χ2v) is 3.64. The van der Waals surface area contributed by atoms with Crippen LogP contribution in [0, 0.1) is 12.8 Å². The summed E-state index contributed by atoms with van der Waals surface area (Å²) in [6.45, 7) is 7.29. The summed E-state index contributed by atoms with van der Waals surface area (Å²) in [5.41, 5.74) is 1.27. The smallest absolute Gasteiger partial charge is 0.119 e. The summed E-state index contributed by atoms with van der Waals surface area (Å²) in [5.74, 6) is 1.62. The van der Waals surface area contributed by atoms with Gasteiger partial charge in [0.1, 0.15) is 5.75 Å². The minimum absolute atomic E-state index is 0.640. The molecule has 0 bridgehead atoms. The molecule has 13 heavy (non-hydrogen) atoms. The van der Waals surface area contributed by atoms with E-state index in [1.807, 2.05) is 12.1 Å². The van der Waals surface area contributed by atoms with Crippen molar-refractivity contribution in [3.8, 4) is 5.75 Å². The second-order valence-electron chi connectivity index (χ2n) is 3.64. The van der Waals surface area contributed by atoms with Crippen LogP contribution in [0.5, 0.6) is 5.75 Å². The molecule has 1 aromatic carbocycles. The molecule has 0 spiro atoms. The highest BCUT2D eigenvalue weighted by molar-refractivity contribution is 5.26. The first kappa shape index (κ1) is 10.1. The van der Waals surface area contributed by atoms with E-state index in [9.17, 15) is 0 Å². The molecule has 0 heterocycles. The summed E-state index contributed by atoms with van der Waals surface area (Å²) in [6, 6.07) is 8.20. The Balaban J connectivity index is 2.41. The zero-order valence-electron chi connectivity index (χ0n) is 8.71. The predicted octanol–water partition coefficient (Wildman–Crippen LogP) is 3.42. The fourth-order valence-corrected chi connectivity index (χ4v) is 0.991. The minimum atomic E-state index is 0.640. The first-order chi connectivity index (χ1) is 6.22. The summed E-state index contributed by atoms with van der Waals surface area (Å²) in [7, 11) is 0. The first-order valence-electron chi connectivity index (χ1n) is 4.92. The van der Waals surface area contributed by atoms with Gasteiger partial charge < -0.3 is 4.74 Å². The molecule has 0 saturated heterocycles. The maximum atomic E-state index is 5.61. The number of hydrogen-bond donors (Lipinski definition) is 0. The van der Waals surface area contributed by atoms with Crippen LogP contribution in [0.2, 0.25) is 0 Å². The second kappa shape index (κ2) is 4.90. The van der Waals surface area contributed by atoms with Gasteiger partial charge in [-0.3, -0.25) is 0 Å². The van der Waals surface area contributed by atoms with E-state index in [1.165, 1.54) is 12.0 Å². The molecular weight excluding hydrogens is 160 g/mol. The van der Waals surface area contributed by atoms with Gasteiger partial charge >= 0.3 is 0 Å². The summed E-state index contributed by atoms with van der Waals surface area (Å²) in [4.78, 5) is 0. The van der Waals surface area contributed by atoms with Crippen LogP contribution >= 0.6 is 0 Å². The van der Waals surface area contributed by atoms with Crippen LogP contribution in [-0.2, 0) is 0 Å². The lowest BCUT2D eigenvalue weighted by molar-refractivity contribution is 0.256. The Morgan fingerprint density at radius 1 is 1.23 bits per heavy atom. The fourth-order valence-electron chi connectivity index (χ4n) is 0.991. The van der Waals surface area contributed by atoms with Gasteiger partial charge in [-0.25, -0.2) is 0 Å². The van der Waals surface area contributed by atoms with Crippen LogP contribution in [0.15, 0.2) is 24.3 Å². The van der Waals surface area contributed by atoms with Gasteiger partial charge in [0.05, 0.1) is 6.61 Å². The van der Waals surface area contributed by atoms with Gasteiger partial charge in [0, 0.05) is 0 Å². The predicted molar refractivity (Wildman–Crippen MR) is 56.1 cm³/mol. The van der Waals surface area contributed by atoms with Crippen LogP contribution in [-0.4, -0.2) is 6.61 Å². The highest BCUT2D eigenvalue weighted by atomic mass is 16.5. The Morgan fingerprint density at radius 2 is 1.85 bits per heavy atom. The van der Waals surface area contributed by atoms with Crippen molar-refractivity contribution in [1.82, 2.24) is 0 Å². The molecule has 0 unspecified atom stereocenters. The van der Waals surface area contributed by atoms with E-state index in [-0.39, 0.29) is 0 Å². The fraction of sp³-hybridized carbons (Fsp3) is 0.500. The van der Waals surface area contributed by atoms with Crippen molar-refractivity contribution < 1.29 is 4.74 Å². The van der Waals surface area contributed by atoms with Crippen LogP contribution in [0.1, 0.15) is 25.8 Å². The van der Waals surface area contributed by atoms with E-state index in [2.05, 4.69) is 32.9 Å². The summed E-state index contributed by atoms with van der Waals surface area (Å²) in [5, 5.41) is 0. The van der Waals surface area contributed by atoms with Crippen molar-refractivity contribution in [3.05, 3.63) is 29.8 Å². The highest BCUT2D eigenvalue weighted by Gasteiger charge is 1.99. The molecule has 0 aromatic heterocycles. The lowest BCUT2D eigenvalue weighted by Crippen LogP contribution is -2.06. The monoisotopic (exact) mass is 178 g/mol. The van der Waals surface area contributed by atoms with Crippen molar-refractivity contribution in [1.29, 1.82) is 0 Å². The van der Waals surface area contributed by atoms with Crippen molar-refractivity contribution in [2.75, 3.05) is 6.61 Å². The quantitative estimate of drug-likeness (QED) is 0.686. The summed E-state index contributed by atoms with van der Waals surface area (Å²) >= 11 is 0. The average Bonchev–Trinajstić information content (AvgIpc) is 2.16. The van der Waals surface area contributed by atoms with E-state index in [4.69, 9.17) is 4.74 Å². The third-order valence-corrected chi connectivity index (χ3v) is 2.25. The zero-order chi connectivity index (χ0) is 9.68. The topological polar surface area (TPSA) is 9.23 Å². The Bertz CT molecular complexity index is 238. The third-order valence-electron chi connectivity index (χ3n) is 2.25. The summed E-state index contributed by atoms with van der Waals surface area (Å²) < 4.78 is 5.61. The number of ether oxygens (including phenoxy) is 1. The van der Waals surface area contributed by atoms with Crippen LogP contribution in [0.3, 0.4) is 0 Å². The van der Waals surface area contributed by atoms with Crippen LogP contribution in [0.4, 0.5) is 0 Å². The lowest BCUT2D eigenvalue weighted by atomic mass is 10.1. The molecule has 72 valence electrons. The van der Waals surface area contributed by atoms with E-state index in [1.54, 1.807) is 0 Å². The van der Waals surface area contributed by atoms with Gasteiger partial charge in [0.2, 0.25) is 0 Å². The van der Waals surface area contributed by atoms with E-state index < -0.39 is 0 Å². The molecule has 0 aliphatic heterocycles. The number of hydrogen-bond acceptors (Lipinski definition) is 1. The molecular formula is C12H18O. The van der Waals surface area contributed by atoms with E-state index in [0.717, 1.165) is 12.4 Å². The number of aryl methyl sites for hydroxylation is 1. The van der Waals surface area contributed by atoms with Crippen molar-refractivity contribution >= 4 is 0 Å². The first-order valence-corrected chi connectivity index (χ1v) is 4.92. The lowest BCUT2D eigenvalue weighted by Gasteiger charge is -2.10. The molecule has 0 amide bonds. The molecule has 1 rings (SSSR count). The third kappa shape index (κ3) is 3.49. The summed E-state index contributed by atoms with van der Waals surface area (Å²) in [6.07, 6.45) is 1.17. The molecule has 1 aromatic rings. The van der Waals surface area contributed by atoms with Crippen LogP contribution in [0.25, 0.3) is 0 Å². The van der Waals surface area contributed by atoms with Gasteiger partial charge in [0.15, 0.2) is 0 Å². The zero-order valence-corrected chi connectivity index (χ0v) is 8.71. The van der Waals surface area contributed by atoms with Crippen molar-refractivity contribution in [2.45, 2.75) is 27.2 Å². The van der Waals surface area contributed by atoms with Gasteiger partial charge in [-0.2, -0.15) is 0 Å². The Morgan fingerprint density at radius 3 is 2.38 bits per heavy atom. The van der Waals surface area contributed by atoms with Gasteiger partial charge in [-0.1, -0.05) is 38.0 Å². The molecule has 0 aliphatic carbocycles. The standard InChI is InChI=1S/C12H18O/c1-4-10(2)9-13-12-7-5-11(3)6-8-12/h5-8,10H,4,9H2,1-3H3/t10-/m1/s1. The molecule has 1 heteroatoms. The normalized spacial score (nSPS) is 12.5. The SMILES string of the molecule is CC[C@@H](C)COc1ccc(C)cc1. The maximum Gasteiger partial charge on any atom is 0.119 e. The Labute approximate surface area is 80.7 Å². The van der Waals surface area contributed by atoms with Gasteiger partial charge in [0.25, 0.3) is 0 Å². The Kier molecular flexibility index (Phi) is 3.81. The number of benzene rings is 1. The molecule has 1 atom stereocenters. The minimum Gasteiger partial charge on any atom is -0.493 e. The number of rotatable bonds is 4. The van der Waals surface area contributed by atoms with Gasteiger partial charge in [-0.15, -0.1) is 0 Å². The maximum absolute atomic E-state index is 5.61. The molecule has 0 saturated carbocycles. The largest absolute Gasteiger partial charge is 0.493 e. The van der Waals surface area contributed by atoms with Crippen molar-refractivity contribution in [3.63, 3.8) is 0 Å². The molecule has 0 N–H and O–H groups in total. The van der Waals surface area contributed by atoms with Crippen molar-refractivity contribution in [2.24, 2.45) is 5.92 Å². The average molecular weight is 178 g/mol. The van der Waals surface area contributed by atoms with Gasteiger partial charge in [-0.05, 0) is 25.0 Å².